The monoisotopic (exact) mass is 483 g/mol. The van der Waals surface area contributed by atoms with Crippen molar-refractivity contribution in [2.75, 3.05) is 31.1 Å². The van der Waals surface area contributed by atoms with E-state index in [9.17, 15) is 19.7 Å². The van der Waals surface area contributed by atoms with Crippen LogP contribution in [0.3, 0.4) is 0 Å². The van der Waals surface area contributed by atoms with E-state index in [2.05, 4.69) is 16.3 Å². The summed E-state index contributed by atoms with van der Waals surface area (Å²) in [7, 11) is 0. The van der Waals surface area contributed by atoms with E-state index in [-0.39, 0.29) is 28.1 Å². The van der Waals surface area contributed by atoms with Crippen molar-refractivity contribution in [3.8, 4) is 6.07 Å². The summed E-state index contributed by atoms with van der Waals surface area (Å²) >= 11 is 6.09. The van der Waals surface area contributed by atoms with Crippen molar-refractivity contribution in [3.05, 3.63) is 68.7 Å². The minimum atomic E-state index is -0.764. The molecule has 1 saturated heterocycles. The van der Waals surface area contributed by atoms with Gasteiger partial charge >= 0.3 is 0 Å². The predicted octanol–water partition coefficient (Wildman–Crippen LogP) is 3.61. The highest BCUT2D eigenvalue weighted by atomic mass is 35.5. The summed E-state index contributed by atoms with van der Waals surface area (Å²) in [6, 6.07) is 12.3. The van der Waals surface area contributed by atoms with Crippen LogP contribution in [0.2, 0.25) is 5.02 Å². The number of hydrogen-bond acceptors (Lipinski definition) is 6. The van der Waals surface area contributed by atoms with Gasteiger partial charge in [0, 0.05) is 44.0 Å². The maximum atomic E-state index is 13.3. The van der Waals surface area contributed by atoms with Crippen LogP contribution in [0.5, 0.6) is 0 Å². The highest BCUT2D eigenvalue weighted by Gasteiger charge is 2.31. The molecule has 0 aliphatic carbocycles. The molecule has 2 aromatic rings. The topological polar surface area (TPSA) is 120 Å². The number of hydrogen-bond donors (Lipinski definition) is 1. The fraction of sp³-hybridized carbons (Fsp3) is 0.375. The van der Waals surface area contributed by atoms with Crippen LogP contribution in [-0.4, -0.2) is 53.9 Å². The van der Waals surface area contributed by atoms with Gasteiger partial charge in [-0.2, -0.15) is 5.26 Å². The lowest BCUT2D eigenvalue weighted by molar-refractivity contribution is -0.384. The molecule has 0 bridgehead atoms. The molecule has 0 saturated carbocycles. The van der Waals surface area contributed by atoms with E-state index in [4.69, 9.17) is 16.9 Å². The van der Waals surface area contributed by atoms with Crippen LogP contribution in [0.4, 0.5) is 11.4 Å². The predicted molar refractivity (Wildman–Crippen MR) is 129 cm³/mol. The van der Waals surface area contributed by atoms with Gasteiger partial charge in [-0.15, -0.1) is 0 Å². The van der Waals surface area contributed by atoms with E-state index >= 15 is 0 Å². The van der Waals surface area contributed by atoms with E-state index in [0.29, 0.717) is 25.2 Å². The summed E-state index contributed by atoms with van der Waals surface area (Å²) in [6.07, 6.45) is 0.763. The molecule has 1 unspecified atom stereocenters. The lowest BCUT2D eigenvalue weighted by Gasteiger charge is -2.29. The van der Waals surface area contributed by atoms with Crippen molar-refractivity contribution in [2.24, 2.45) is 5.92 Å². The zero-order valence-electron chi connectivity index (χ0n) is 19.0. The molecular weight excluding hydrogens is 458 g/mol. The van der Waals surface area contributed by atoms with Gasteiger partial charge in [-0.05, 0) is 42.7 Å². The number of amides is 2. The number of carbonyl (C=O) groups excluding carboxylic acids is 2. The normalized spacial score (nSPS) is 14.8. The van der Waals surface area contributed by atoms with Crippen molar-refractivity contribution in [1.29, 1.82) is 5.26 Å². The Bertz CT molecular complexity index is 1110. The van der Waals surface area contributed by atoms with Crippen molar-refractivity contribution >= 4 is 34.8 Å². The highest BCUT2D eigenvalue weighted by Crippen LogP contribution is 2.23. The Balaban J connectivity index is 1.68. The maximum Gasteiger partial charge on any atom is 0.270 e. The summed E-state index contributed by atoms with van der Waals surface area (Å²) in [6.45, 7) is 6.15. The number of nitriles is 1. The van der Waals surface area contributed by atoms with Gasteiger partial charge in [-0.1, -0.05) is 25.4 Å². The number of carbonyl (C=O) groups is 2. The summed E-state index contributed by atoms with van der Waals surface area (Å²) in [4.78, 5) is 40.4. The second-order valence-corrected chi connectivity index (χ2v) is 8.85. The lowest BCUT2D eigenvalue weighted by atomic mass is 10.0. The van der Waals surface area contributed by atoms with E-state index in [0.717, 1.165) is 24.7 Å². The Morgan fingerprint density at radius 3 is 2.41 bits per heavy atom. The molecular formula is C24H26ClN5O4. The average Bonchev–Trinajstić information content (AvgIpc) is 3.08. The number of benzene rings is 2. The van der Waals surface area contributed by atoms with E-state index in [1.807, 2.05) is 26.0 Å². The molecule has 34 heavy (non-hydrogen) atoms. The van der Waals surface area contributed by atoms with Crippen molar-refractivity contribution in [2.45, 2.75) is 26.3 Å². The van der Waals surface area contributed by atoms with E-state index in [1.165, 1.54) is 12.1 Å². The van der Waals surface area contributed by atoms with E-state index < -0.39 is 16.9 Å². The number of nitro groups is 1. The molecule has 0 aromatic heterocycles. The number of anilines is 1. The second-order valence-electron chi connectivity index (χ2n) is 8.44. The molecule has 3 rings (SSSR count). The van der Waals surface area contributed by atoms with Gasteiger partial charge in [-0.25, -0.2) is 0 Å². The summed E-state index contributed by atoms with van der Waals surface area (Å²) in [5.74, 6) is -0.907. The van der Waals surface area contributed by atoms with Crippen LogP contribution in [-0.2, 0) is 4.79 Å². The van der Waals surface area contributed by atoms with Crippen LogP contribution in [0.1, 0.15) is 36.2 Å². The van der Waals surface area contributed by atoms with Gasteiger partial charge in [0.2, 0.25) is 5.91 Å². The minimum Gasteiger partial charge on any atom is -0.370 e. The SMILES string of the molecule is CC(C)C(NC(=O)c1ccc([N+](=O)[O-])cc1Cl)C(=O)N1CCCN(c2ccc(C#N)cc2)CC1. The van der Waals surface area contributed by atoms with Gasteiger partial charge in [0.15, 0.2) is 0 Å². The molecule has 0 spiro atoms. The van der Waals surface area contributed by atoms with Gasteiger partial charge in [0.25, 0.3) is 11.6 Å². The maximum absolute atomic E-state index is 13.3. The molecule has 1 heterocycles. The first kappa shape index (κ1) is 25.0. The van der Waals surface area contributed by atoms with Crippen molar-refractivity contribution < 1.29 is 14.5 Å². The molecule has 9 nitrogen and oxygen atoms in total. The third-order valence-electron chi connectivity index (χ3n) is 5.80. The van der Waals surface area contributed by atoms with Gasteiger partial charge in [-0.3, -0.25) is 19.7 Å². The van der Waals surface area contributed by atoms with Crippen molar-refractivity contribution in [3.63, 3.8) is 0 Å². The Kier molecular flexibility index (Phi) is 8.08. The minimum absolute atomic E-state index is 0.0468. The van der Waals surface area contributed by atoms with E-state index in [1.54, 1.807) is 17.0 Å². The first-order chi connectivity index (χ1) is 16.2. The molecule has 1 aliphatic heterocycles. The average molecular weight is 484 g/mol. The largest absolute Gasteiger partial charge is 0.370 e. The van der Waals surface area contributed by atoms with Crippen molar-refractivity contribution in [1.82, 2.24) is 10.2 Å². The second kappa shape index (κ2) is 11.0. The molecule has 1 aliphatic rings. The number of nitrogens with zero attached hydrogens (tertiary/aromatic N) is 4. The van der Waals surface area contributed by atoms with Crippen LogP contribution in [0.25, 0.3) is 0 Å². The smallest absolute Gasteiger partial charge is 0.270 e. The first-order valence-corrected chi connectivity index (χ1v) is 11.4. The van der Waals surface area contributed by atoms with Crippen LogP contribution >= 0.6 is 11.6 Å². The molecule has 1 fully saturated rings. The van der Waals surface area contributed by atoms with Crippen LogP contribution in [0.15, 0.2) is 42.5 Å². The number of halogens is 1. The Morgan fingerprint density at radius 2 is 1.82 bits per heavy atom. The Morgan fingerprint density at radius 1 is 1.12 bits per heavy atom. The molecule has 1 N–H and O–H groups in total. The Labute approximate surface area is 203 Å². The summed E-state index contributed by atoms with van der Waals surface area (Å²) < 4.78 is 0. The third-order valence-corrected chi connectivity index (χ3v) is 6.11. The van der Waals surface area contributed by atoms with Gasteiger partial charge < -0.3 is 15.1 Å². The molecule has 1 atom stereocenters. The Hall–Kier alpha value is -3.64. The molecule has 178 valence electrons. The first-order valence-electron chi connectivity index (χ1n) is 11.0. The van der Waals surface area contributed by atoms with Crippen LogP contribution < -0.4 is 10.2 Å². The number of nitrogens with one attached hydrogen (secondary N) is 1. The molecule has 2 amide bonds. The fourth-order valence-corrected chi connectivity index (χ4v) is 4.13. The third kappa shape index (κ3) is 5.83. The fourth-order valence-electron chi connectivity index (χ4n) is 3.87. The van der Waals surface area contributed by atoms with Gasteiger partial charge in [0.1, 0.15) is 6.04 Å². The summed E-state index contributed by atoms with van der Waals surface area (Å²) in [5, 5.41) is 22.6. The molecule has 2 aromatic carbocycles. The standard InChI is InChI=1S/C24H26ClN5O4/c1-16(2)22(27-23(31)20-9-8-19(30(33)34)14-21(20)25)24(32)29-11-3-10-28(12-13-29)18-6-4-17(15-26)5-7-18/h4-9,14,16,22H,3,10-13H2,1-2H3,(H,27,31). The van der Waals surface area contributed by atoms with Crippen LogP contribution in [0, 0.1) is 27.4 Å². The highest BCUT2D eigenvalue weighted by molar-refractivity contribution is 6.34. The molecule has 0 radical (unpaired) electrons. The zero-order valence-corrected chi connectivity index (χ0v) is 19.8. The summed E-state index contributed by atoms with van der Waals surface area (Å²) in [5.41, 5.74) is 1.46. The number of rotatable bonds is 6. The zero-order chi connectivity index (χ0) is 24.8. The van der Waals surface area contributed by atoms with Gasteiger partial charge in [0.05, 0.1) is 27.1 Å². The number of non-ortho nitro benzene ring substituents is 1. The molecule has 10 heteroatoms. The quantitative estimate of drug-likeness (QED) is 0.495. The number of nitro benzene ring substituents is 1. The lowest BCUT2D eigenvalue weighted by Crippen LogP contribution is -2.52.